The molecule has 0 atom stereocenters. The highest BCUT2D eigenvalue weighted by atomic mass is 16.5. The summed E-state index contributed by atoms with van der Waals surface area (Å²) in [5.74, 6) is -1.70. The highest BCUT2D eigenvalue weighted by Crippen LogP contribution is 2.36. The maximum atomic E-state index is 12.6. The van der Waals surface area contributed by atoms with Crippen LogP contribution in [0.4, 0.5) is 11.4 Å². The smallest absolute Gasteiger partial charge is 0.329 e. The van der Waals surface area contributed by atoms with E-state index in [0.29, 0.717) is 28.4 Å². The quantitative estimate of drug-likeness (QED) is 0.219. The third-order valence-electron chi connectivity index (χ3n) is 5.25. The van der Waals surface area contributed by atoms with E-state index in [4.69, 9.17) is 9.15 Å². The van der Waals surface area contributed by atoms with E-state index < -0.39 is 11.8 Å². The molecule has 0 aliphatic rings. The number of hydrogen-bond acceptors (Lipinski definition) is 6. The molecule has 3 N–H and O–H groups in total. The van der Waals surface area contributed by atoms with E-state index in [1.807, 2.05) is 49.4 Å². The number of rotatable bonds is 6. The Bertz CT molecular complexity index is 1450. The first-order chi connectivity index (χ1) is 16.8. The average molecular weight is 473 g/mol. The van der Waals surface area contributed by atoms with Crippen LogP contribution in [-0.4, -0.2) is 30.5 Å². The summed E-state index contributed by atoms with van der Waals surface area (Å²) in [5.41, 5.74) is 5.78. The Morgan fingerprint density at radius 1 is 0.914 bits per heavy atom. The Balaban J connectivity index is 1.38. The molecule has 0 spiro atoms. The van der Waals surface area contributed by atoms with Gasteiger partial charge in [-0.05, 0) is 38.1 Å². The molecule has 3 aromatic carbocycles. The van der Waals surface area contributed by atoms with Crippen LogP contribution >= 0.6 is 0 Å². The lowest BCUT2D eigenvalue weighted by Gasteiger charge is -2.10. The molecule has 1 aromatic heterocycles. The zero-order chi connectivity index (χ0) is 24.9. The standard InChI is InChI=1S/C26H24N4O5/c1-15-8-10-17(11-9-15)27-25(32)26(33)30-29-16(2)12-24(31)28-20-14-22-19(13-23(20)34-3)18-6-4-5-7-21(18)35-22/h4-11,13-14H,12H2,1-3H3,(H,27,32)(H,28,31)(H,30,33)/b29-16-. The summed E-state index contributed by atoms with van der Waals surface area (Å²) in [6.45, 7) is 3.48. The predicted octanol–water partition coefficient (Wildman–Crippen LogP) is 4.36. The molecular formula is C26H24N4O5. The van der Waals surface area contributed by atoms with Gasteiger partial charge in [0.25, 0.3) is 0 Å². The SMILES string of the molecule is COc1cc2c(cc1NC(=O)C/C(C)=N\NC(=O)C(=O)Nc1ccc(C)cc1)oc1ccccc12. The largest absolute Gasteiger partial charge is 0.495 e. The van der Waals surface area contributed by atoms with E-state index in [-0.39, 0.29) is 12.3 Å². The van der Waals surface area contributed by atoms with Gasteiger partial charge in [0.05, 0.1) is 19.2 Å². The van der Waals surface area contributed by atoms with Crippen LogP contribution in [0.3, 0.4) is 0 Å². The summed E-state index contributed by atoms with van der Waals surface area (Å²) < 4.78 is 11.3. The number of anilines is 2. The minimum Gasteiger partial charge on any atom is -0.495 e. The zero-order valence-corrected chi connectivity index (χ0v) is 19.5. The number of nitrogens with zero attached hydrogens (tertiary/aromatic N) is 1. The Labute approximate surface area is 201 Å². The van der Waals surface area contributed by atoms with E-state index in [2.05, 4.69) is 21.2 Å². The number of para-hydroxylation sites is 1. The van der Waals surface area contributed by atoms with Gasteiger partial charge in [0.2, 0.25) is 5.91 Å². The van der Waals surface area contributed by atoms with Crippen molar-refractivity contribution >= 4 is 56.7 Å². The minimum atomic E-state index is -0.942. The molecular weight excluding hydrogens is 448 g/mol. The van der Waals surface area contributed by atoms with Crippen LogP contribution in [0.1, 0.15) is 18.9 Å². The number of amides is 3. The van der Waals surface area contributed by atoms with Gasteiger partial charge in [0.15, 0.2) is 0 Å². The van der Waals surface area contributed by atoms with E-state index in [9.17, 15) is 14.4 Å². The number of nitrogens with one attached hydrogen (secondary N) is 3. The maximum absolute atomic E-state index is 12.6. The molecule has 9 nitrogen and oxygen atoms in total. The molecule has 35 heavy (non-hydrogen) atoms. The lowest BCUT2D eigenvalue weighted by molar-refractivity contribution is -0.136. The highest BCUT2D eigenvalue weighted by molar-refractivity contribution is 6.39. The predicted molar refractivity (Wildman–Crippen MR) is 135 cm³/mol. The first-order valence-electron chi connectivity index (χ1n) is 10.8. The number of hydrazone groups is 1. The summed E-state index contributed by atoms with van der Waals surface area (Å²) in [5, 5.41) is 10.9. The molecule has 0 aliphatic heterocycles. The maximum Gasteiger partial charge on any atom is 0.329 e. The van der Waals surface area contributed by atoms with Crippen LogP contribution in [0.25, 0.3) is 21.9 Å². The molecule has 178 valence electrons. The molecule has 4 aromatic rings. The van der Waals surface area contributed by atoms with Gasteiger partial charge in [0, 0.05) is 28.2 Å². The minimum absolute atomic E-state index is 0.110. The van der Waals surface area contributed by atoms with Gasteiger partial charge < -0.3 is 19.8 Å². The van der Waals surface area contributed by atoms with Crippen LogP contribution in [0.5, 0.6) is 5.75 Å². The van der Waals surface area contributed by atoms with Gasteiger partial charge in [-0.15, -0.1) is 0 Å². The van der Waals surface area contributed by atoms with Crippen LogP contribution < -0.4 is 20.8 Å². The van der Waals surface area contributed by atoms with Crippen LogP contribution in [-0.2, 0) is 14.4 Å². The Kier molecular flexibility index (Phi) is 6.77. The first kappa shape index (κ1) is 23.5. The molecule has 0 radical (unpaired) electrons. The van der Waals surface area contributed by atoms with Crippen molar-refractivity contribution in [1.82, 2.24) is 5.43 Å². The van der Waals surface area contributed by atoms with E-state index in [1.54, 1.807) is 25.1 Å². The summed E-state index contributed by atoms with van der Waals surface area (Å²) in [6, 6.07) is 18.2. The number of fused-ring (bicyclic) bond motifs is 3. The number of furan rings is 1. The van der Waals surface area contributed by atoms with Crippen molar-refractivity contribution in [2.24, 2.45) is 5.10 Å². The molecule has 3 amide bonds. The number of aryl methyl sites for hydroxylation is 1. The second-order valence-electron chi connectivity index (χ2n) is 7.98. The topological polar surface area (TPSA) is 122 Å². The monoisotopic (exact) mass is 472 g/mol. The molecule has 0 unspecified atom stereocenters. The van der Waals surface area contributed by atoms with Crippen molar-refractivity contribution in [2.45, 2.75) is 20.3 Å². The van der Waals surface area contributed by atoms with Gasteiger partial charge in [0.1, 0.15) is 16.9 Å². The van der Waals surface area contributed by atoms with Gasteiger partial charge in [-0.3, -0.25) is 14.4 Å². The molecule has 0 saturated heterocycles. The Morgan fingerprint density at radius 2 is 1.66 bits per heavy atom. The van der Waals surface area contributed by atoms with Gasteiger partial charge >= 0.3 is 11.8 Å². The van der Waals surface area contributed by atoms with Crippen molar-refractivity contribution in [2.75, 3.05) is 17.7 Å². The zero-order valence-electron chi connectivity index (χ0n) is 19.5. The molecule has 0 saturated carbocycles. The van der Waals surface area contributed by atoms with Crippen molar-refractivity contribution in [3.05, 3.63) is 66.2 Å². The normalized spacial score (nSPS) is 11.3. The van der Waals surface area contributed by atoms with Crippen LogP contribution in [0.2, 0.25) is 0 Å². The first-order valence-corrected chi connectivity index (χ1v) is 10.8. The number of ether oxygens (including phenoxy) is 1. The fourth-order valence-corrected chi connectivity index (χ4v) is 3.51. The lowest BCUT2D eigenvalue weighted by atomic mass is 10.1. The molecule has 4 rings (SSSR count). The summed E-state index contributed by atoms with van der Waals surface area (Å²) in [4.78, 5) is 36.6. The van der Waals surface area contributed by atoms with Crippen molar-refractivity contribution in [1.29, 1.82) is 0 Å². The second-order valence-corrected chi connectivity index (χ2v) is 7.98. The van der Waals surface area contributed by atoms with Crippen molar-refractivity contribution in [3.63, 3.8) is 0 Å². The fraction of sp³-hybridized carbons (Fsp3) is 0.154. The lowest BCUT2D eigenvalue weighted by Crippen LogP contribution is -2.33. The van der Waals surface area contributed by atoms with E-state index in [1.165, 1.54) is 7.11 Å². The van der Waals surface area contributed by atoms with E-state index in [0.717, 1.165) is 21.9 Å². The number of benzene rings is 3. The van der Waals surface area contributed by atoms with Gasteiger partial charge in [-0.2, -0.15) is 5.10 Å². The molecule has 9 heteroatoms. The van der Waals surface area contributed by atoms with Crippen LogP contribution in [0, 0.1) is 6.92 Å². The highest BCUT2D eigenvalue weighted by Gasteiger charge is 2.16. The Morgan fingerprint density at radius 3 is 2.40 bits per heavy atom. The Hall–Kier alpha value is -4.66. The van der Waals surface area contributed by atoms with E-state index >= 15 is 0 Å². The van der Waals surface area contributed by atoms with Gasteiger partial charge in [-0.1, -0.05) is 35.9 Å². The molecule has 0 aliphatic carbocycles. The van der Waals surface area contributed by atoms with Crippen molar-refractivity contribution < 1.29 is 23.5 Å². The molecule has 0 bridgehead atoms. The van der Waals surface area contributed by atoms with Gasteiger partial charge in [-0.25, -0.2) is 5.43 Å². The number of carbonyl (C=O) groups is 3. The average Bonchev–Trinajstić information content (AvgIpc) is 3.20. The summed E-state index contributed by atoms with van der Waals surface area (Å²) >= 11 is 0. The molecule has 1 heterocycles. The van der Waals surface area contributed by atoms with Crippen LogP contribution in [0.15, 0.2) is 70.2 Å². The third kappa shape index (κ3) is 5.47. The number of carbonyl (C=O) groups excluding carboxylic acids is 3. The number of methoxy groups -OCH3 is 1. The van der Waals surface area contributed by atoms with Crippen molar-refractivity contribution in [3.8, 4) is 5.75 Å². The summed E-state index contributed by atoms with van der Waals surface area (Å²) in [6.07, 6.45) is -0.110. The fourth-order valence-electron chi connectivity index (χ4n) is 3.51. The number of hydrogen-bond donors (Lipinski definition) is 3. The molecule has 0 fully saturated rings. The summed E-state index contributed by atoms with van der Waals surface area (Å²) in [7, 11) is 1.52. The second kappa shape index (κ2) is 10.1. The third-order valence-corrected chi connectivity index (χ3v) is 5.25.